The van der Waals surface area contributed by atoms with E-state index in [9.17, 15) is 36.2 Å². The maximum Gasteiger partial charge on any atom is 0.430 e. The minimum atomic E-state index is -5.38. The molecule has 0 aliphatic carbocycles. The van der Waals surface area contributed by atoms with Gasteiger partial charge < -0.3 is 10.4 Å². The summed E-state index contributed by atoms with van der Waals surface area (Å²) in [6.07, 6.45) is -5.38. The summed E-state index contributed by atoms with van der Waals surface area (Å²) >= 11 is 0. The van der Waals surface area contributed by atoms with Crippen molar-refractivity contribution >= 4 is 5.91 Å². The maximum absolute atomic E-state index is 13.5. The molecule has 134 valence electrons. The van der Waals surface area contributed by atoms with Gasteiger partial charge >= 0.3 is 6.18 Å². The molecule has 0 saturated heterocycles. The Morgan fingerprint density at radius 1 is 1.04 bits per heavy atom. The minimum Gasteiger partial charge on any atom is -0.369 e. The van der Waals surface area contributed by atoms with Gasteiger partial charge in [0.2, 0.25) is 0 Å². The largest absolute Gasteiger partial charge is 0.430 e. The number of alkyl halides is 3. The van der Waals surface area contributed by atoms with Gasteiger partial charge in [-0.15, -0.1) is 0 Å². The number of amides is 1. The van der Waals surface area contributed by atoms with Gasteiger partial charge in [-0.3, -0.25) is 4.79 Å². The van der Waals surface area contributed by atoms with Gasteiger partial charge in [-0.25, -0.2) is 13.2 Å². The molecule has 0 aliphatic rings. The van der Waals surface area contributed by atoms with E-state index in [1.165, 1.54) is 18.2 Å². The van der Waals surface area contributed by atoms with Crippen LogP contribution in [0.2, 0.25) is 0 Å². The molecular weight excluding hydrogens is 352 g/mol. The van der Waals surface area contributed by atoms with Crippen LogP contribution in [0.3, 0.4) is 0 Å². The molecule has 0 radical (unpaired) electrons. The number of rotatable bonds is 4. The highest BCUT2D eigenvalue weighted by molar-refractivity contribution is 5.87. The maximum atomic E-state index is 13.5. The van der Waals surface area contributed by atoms with Gasteiger partial charge in [0, 0.05) is 23.7 Å². The van der Waals surface area contributed by atoms with Crippen LogP contribution < -0.4 is 5.32 Å². The first kappa shape index (κ1) is 18.8. The zero-order chi connectivity index (χ0) is 18.8. The zero-order valence-electron chi connectivity index (χ0n) is 12.4. The molecule has 25 heavy (non-hydrogen) atoms. The summed E-state index contributed by atoms with van der Waals surface area (Å²) in [7, 11) is 0. The molecule has 0 bridgehead atoms. The van der Waals surface area contributed by atoms with Crippen LogP contribution in [0.25, 0.3) is 0 Å². The number of hydrogen-bond acceptors (Lipinski definition) is 2. The summed E-state index contributed by atoms with van der Waals surface area (Å²) in [5.41, 5.74) is -5.37. The van der Waals surface area contributed by atoms with Crippen LogP contribution >= 0.6 is 0 Å². The Labute approximate surface area is 137 Å². The van der Waals surface area contributed by atoms with Gasteiger partial charge in [-0.1, -0.05) is 30.3 Å². The Hall–Kier alpha value is -2.55. The number of carbonyl (C=O) groups is 1. The smallest absolute Gasteiger partial charge is 0.369 e. The molecule has 0 aliphatic heterocycles. The zero-order valence-corrected chi connectivity index (χ0v) is 12.4. The molecule has 1 atom stereocenters. The van der Waals surface area contributed by atoms with E-state index in [-0.39, 0.29) is 6.07 Å². The van der Waals surface area contributed by atoms with Crippen molar-refractivity contribution < 1.29 is 36.2 Å². The van der Waals surface area contributed by atoms with Gasteiger partial charge in [0.25, 0.3) is 11.5 Å². The number of nitrogens with one attached hydrogen (secondary N) is 1. The van der Waals surface area contributed by atoms with Crippen molar-refractivity contribution in [1.82, 2.24) is 5.32 Å². The van der Waals surface area contributed by atoms with Crippen LogP contribution in [0.15, 0.2) is 42.5 Å². The molecule has 2 N–H and O–H groups in total. The molecule has 2 rings (SSSR count). The van der Waals surface area contributed by atoms with E-state index in [2.05, 4.69) is 0 Å². The van der Waals surface area contributed by atoms with E-state index in [0.29, 0.717) is 6.07 Å². The normalized spacial score (nSPS) is 14.0. The Kier molecular flexibility index (Phi) is 5.07. The van der Waals surface area contributed by atoms with E-state index >= 15 is 0 Å². The quantitative estimate of drug-likeness (QED) is 0.648. The van der Waals surface area contributed by atoms with Crippen molar-refractivity contribution in [3.05, 3.63) is 71.0 Å². The van der Waals surface area contributed by atoms with Crippen molar-refractivity contribution in [2.24, 2.45) is 0 Å². The van der Waals surface area contributed by atoms with Crippen LogP contribution in [0.1, 0.15) is 11.1 Å². The summed E-state index contributed by atoms with van der Waals surface area (Å²) in [4.78, 5) is 12.0. The molecular formula is C16H11F6NO2. The van der Waals surface area contributed by atoms with Crippen LogP contribution in [0, 0.1) is 17.5 Å². The summed E-state index contributed by atoms with van der Waals surface area (Å²) < 4.78 is 79.5. The fraction of sp³-hybridized carbons (Fsp3) is 0.188. The highest BCUT2D eigenvalue weighted by Crippen LogP contribution is 2.39. The Morgan fingerprint density at radius 2 is 1.64 bits per heavy atom. The fourth-order valence-electron chi connectivity index (χ4n) is 2.14. The second-order valence-electron chi connectivity index (χ2n) is 5.12. The summed E-state index contributed by atoms with van der Waals surface area (Å²) in [6.45, 7) is -0.954. The first-order chi connectivity index (χ1) is 11.6. The summed E-state index contributed by atoms with van der Waals surface area (Å²) in [6, 6.07) is 6.28. The number of benzene rings is 2. The first-order valence-electron chi connectivity index (χ1n) is 6.83. The lowest BCUT2D eigenvalue weighted by molar-refractivity contribution is -0.257. The second-order valence-corrected chi connectivity index (χ2v) is 5.12. The topological polar surface area (TPSA) is 49.3 Å². The van der Waals surface area contributed by atoms with Crippen LogP contribution in [-0.4, -0.2) is 17.2 Å². The average molecular weight is 363 g/mol. The molecule has 9 heteroatoms. The Morgan fingerprint density at radius 3 is 2.20 bits per heavy atom. The third kappa shape index (κ3) is 3.60. The first-order valence-corrected chi connectivity index (χ1v) is 6.83. The van der Waals surface area contributed by atoms with Crippen LogP contribution in [0.5, 0.6) is 0 Å². The standard InChI is InChI=1S/C16H11F6NO2/c17-11-6-9(13(19)12(18)7-11)8-23-14(24)15(25,16(20,21)22)10-4-2-1-3-5-10/h1-7,25H,8H2,(H,23,24)/t15-/m0/s1. The molecule has 0 aromatic heterocycles. The van der Waals surface area contributed by atoms with Gasteiger partial charge in [0.15, 0.2) is 11.6 Å². The number of aliphatic hydroxyl groups is 1. The van der Waals surface area contributed by atoms with Gasteiger partial charge in [0.1, 0.15) is 5.82 Å². The number of hydrogen-bond donors (Lipinski definition) is 2. The SMILES string of the molecule is O=C(NCc1cc(F)cc(F)c1F)[C@@](O)(c1ccccc1)C(F)(F)F. The lowest BCUT2D eigenvalue weighted by atomic mass is 9.92. The van der Waals surface area contributed by atoms with Crippen molar-refractivity contribution in [3.8, 4) is 0 Å². The third-order valence-corrected chi connectivity index (χ3v) is 3.44. The van der Waals surface area contributed by atoms with Crippen molar-refractivity contribution in [3.63, 3.8) is 0 Å². The highest BCUT2D eigenvalue weighted by atomic mass is 19.4. The molecule has 0 unspecified atom stereocenters. The van der Waals surface area contributed by atoms with Crippen molar-refractivity contribution in [2.45, 2.75) is 18.3 Å². The van der Waals surface area contributed by atoms with Gasteiger partial charge in [-0.2, -0.15) is 13.2 Å². The van der Waals surface area contributed by atoms with Crippen LogP contribution in [0.4, 0.5) is 26.3 Å². The molecule has 2 aromatic rings. The van der Waals surface area contributed by atoms with Gasteiger partial charge in [-0.05, 0) is 6.07 Å². The molecule has 0 spiro atoms. The molecule has 0 fully saturated rings. The number of carbonyl (C=O) groups excluding carboxylic acids is 1. The molecule has 3 nitrogen and oxygen atoms in total. The molecule has 1 amide bonds. The van der Waals surface area contributed by atoms with E-state index in [0.717, 1.165) is 12.1 Å². The summed E-state index contributed by atoms with van der Waals surface area (Å²) in [5, 5.41) is 11.6. The van der Waals surface area contributed by atoms with E-state index in [1.54, 1.807) is 5.32 Å². The lowest BCUT2D eigenvalue weighted by Crippen LogP contribution is -2.54. The second kappa shape index (κ2) is 6.75. The predicted octanol–water partition coefficient (Wildman–Crippen LogP) is 3.17. The highest BCUT2D eigenvalue weighted by Gasteiger charge is 2.60. The molecule has 0 saturated carbocycles. The van der Waals surface area contributed by atoms with E-state index in [4.69, 9.17) is 0 Å². The minimum absolute atomic E-state index is 0.247. The van der Waals surface area contributed by atoms with E-state index in [1.807, 2.05) is 0 Å². The molecule has 2 aromatic carbocycles. The van der Waals surface area contributed by atoms with Gasteiger partial charge in [0.05, 0.1) is 0 Å². The third-order valence-electron chi connectivity index (χ3n) is 3.44. The summed E-state index contributed by atoms with van der Waals surface area (Å²) in [5.74, 6) is -6.15. The Balaban J connectivity index is 2.31. The fourth-order valence-corrected chi connectivity index (χ4v) is 2.14. The lowest BCUT2D eigenvalue weighted by Gasteiger charge is -2.29. The number of halogens is 6. The predicted molar refractivity (Wildman–Crippen MR) is 74.6 cm³/mol. The average Bonchev–Trinajstić information content (AvgIpc) is 2.55. The molecule has 0 heterocycles. The Bertz CT molecular complexity index is 778. The van der Waals surface area contributed by atoms with Crippen molar-refractivity contribution in [1.29, 1.82) is 0 Å². The van der Waals surface area contributed by atoms with Crippen LogP contribution in [-0.2, 0) is 16.9 Å². The van der Waals surface area contributed by atoms with E-state index < -0.39 is 52.8 Å². The van der Waals surface area contributed by atoms with Crippen molar-refractivity contribution in [2.75, 3.05) is 0 Å². The monoisotopic (exact) mass is 363 g/mol.